The summed E-state index contributed by atoms with van der Waals surface area (Å²) in [5.41, 5.74) is 7.29. The molecule has 0 radical (unpaired) electrons. The van der Waals surface area contributed by atoms with Crippen LogP contribution in [0.4, 0.5) is 11.4 Å². The monoisotopic (exact) mass is 513 g/mol. The fourth-order valence-electron chi connectivity index (χ4n) is 4.98. The van der Waals surface area contributed by atoms with Crippen LogP contribution in [-0.2, 0) is 9.59 Å². The predicted octanol–water partition coefficient (Wildman–Crippen LogP) is 5.50. The average Bonchev–Trinajstić information content (AvgIpc) is 3.34. The Morgan fingerprint density at radius 3 is 2.45 bits per heavy atom. The van der Waals surface area contributed by atoms with Crippen molar-refractivity contribution >= 4 is 34.2 Å². The number of anilines is 2. The van der Waals surface area contributed by atoms with E-state index in [9.17, 15) is 9.59 Å². The largest absolute Gasteiger partial charge is 0.496 e. The zero-order chi connectivity index (χ0) is 26.8. The van der Waals surface area contributed by atoms with Crippen LogP contribution >= 0.6 is 0 Å². The molecule has 198 valence electrons. The molecule has 5 rings (SSSR count). The summed E-state index contributed by atoms with van der Waals surface area (Å²) in [5.74, 6) is 0.576. The number of amides is 2. The van der Waals surface area contributed by atoms with E-state index in [1.807, 2.05) is 36.1 Å². The van der Waals surface area contributed by atoms with Gasteiger partial charge in [0.25, 0.3) is 0 Å². The molecule has 2 aromatic carbocycles. The molecule has 2 N–H and O–H groups in total. The minimum absolute atomic E-state index is 0. The third kappa shape index (κ3) is 4.72. The van der Waals surface area contributed by atoms with Crippen molar-refractivity contribution in [3.63, 3.8) is 0 Å². The summed E-state index contributed by atoms with van der Waals surface area (Å²) in [6.07, 6.45) is 2.98. The van der Waals surface area contributed by atoms with Crippen LogP contribution < -0.4 is 15.0 Å². The predicted molar refractivity (Wildman–Crippen MR) is 156 cm³/mol. The average molecular weight is 514 g/mol. The van der Waals surface area contributed by atoms with Gasteiger partial charge in [0.1, 0.15) is 11.4 Å². The van der Waals surface area contributed by atoms with E-state index in [2.05, 4.69) is 51.0 Å². The molecular formula is C30H35N5O3. The Kier molecular flexibility index (Phi) is 6.87. The summed E-state index contributed by atoms with van der Waals surface area (Å²) < 4.78 is 5.72. The van der Waals surface area contributed by atoms with Crippen molar-refractivity contribution in [3.8, 4) is 28.1 Å². The van der Waals surface area contributed by atoms with E-state index < -0.39 is 0 Å². The van der Waals surface area contributed by atoms with E-state index >= 15 is 0 Å². The normalized spacial score (nSPS) is 13.4. The summed E-state index contributed by atoms with van der Waals surface area (Å²) in [6.45, 7) is 10.2. The number of ether oxygens (including phenoxy) is 1. The number of aromatic amines is 1. The van der Waals surface area contributed by atoms with E-state index in [1.54, 1.807) is 20.2 Å². The van der Waals surface area contributed by atoms with Gasteiger partial charge in [0.2, 0.25) is 11.8 Å². The first-order valence-corrected chi connectivity index (χ1v) is 12.6. The first-order valence-electron chi connectivity index (χ1n) is 12.6. The minimum Gasteiger partial charge on any atom is -0.496 e. The van der Waals surface area contributed by atoms with E-state index in [0.29, 0.717) is 5.75 Å². The molecule has 8 heteroatoms. The highest BCUT2D eigenvalue weighted by atomic mass is 16.5. The Labute approximate surface area is 224 Å². The first-order chi connectivity index (χ1) is 18.4. The lowest BCUT2D eigenvalue weighted by Crippen LogP contribution is -2.48. The number of hydrogen-bond acceptors (Lipinski definition) is 5. The summed E-state index contributed by atoms with van der Waals surface area (Å²) >= 11 is 0. The fraction of sp³-hybridized carbons (Fsp3) is 0.233. The van der Waals surface area contributed by atoms with Crippen molar-refractivity contribution in [1.29, 1.82) is 0 Å². The molecule has 0 spiro atoms. The lowest BCUT2D eigenvalue weighted by atomic mass is 9.96. The van der Waals surface area contributed by atoms with Gasteiger partial charge in [-0.1, -0.05) is 30.8 Å². The number of methoxy groups -OCH3 is 1. The molecular weight excluding hydrogens is 478 g/mol. The van der Waals surface area contributed by atoms with Gasteiger partial charge in [-0.2, -0.15) is 0 Å². The number of nitrogens with one attached hydrogen (secondary N) is 2. The smallest absolute Gasteiger partial charge is 0.247 e. The molecule has 8 nitrogen and oxygen atoms in total. The van der Waals surface area contributed by atoms with E-state index in [1.165, 1.54) is 6.08 Å². The standard InChI is InChI=1S/C30H31N5O3.2H2/c1-5-26(37)32-24-18-22(7-6-19(24)2)27-28-25(38-4)12-13-31-30(28)33-29(27)21-8-10-23(11-9-21)35-16-14-34(15-17-35)20(3)36;;/h5-13,18H,1,14-17H2,2-4H3,(H,31,33)(H,32,37);2*1H. The van der Waals surface area contributed by atoms with Crippen molar-refractivity contribution in [2.45, 2.75) is 13.8 Å². The highest BCUT2D eigenvalue weighted by molar-refractivity contribution is 6.07. The van der Waals surface area contributed by atoms with Gasteiger partial charge in [0.05, 0.1) is 18.2 Å². The van der Waals surface area contributed by atoms with Crippen LogP contribution in [0.15, 0.2) is 67.4 Å². The molecule has 1 aliphatic rings. The van der Waals surface area contributed by atoms with Crippen molar-refractivity contribution in [3.05, 3.63) is 72.9 Å². The Morgan fingerprint density at radius 1 is 1.08 bits per heavy atom. The zero-order valence-corrected chi connectivity index (χ0v) is 21.9. The van der Waals surface area contributed by atoms with Gasteiger partial charge < -0.3 is 24.8 Å². The second-order valence-electron chi connectivity index (χ2n) is 9.37. The summed E-state index contributed by atoms with van der Waals surface area (Å²) in [7, 11) is 1.65. The second-order valence-corrected chi connectivity index (χ2v) is 9.37. The Balaban J connectivity index is 0.00000220. The molecule has 0 atom stereocenters. The summed E-state index contributed by atoms with van der Waals surface area (Å²) in [5, 5.41) is 3.78. The number of carbonyl (C=O) groups excluding carboxylic acids is 2. The molecule has 1 saturated heterocycles. The van der Waals surface area contributed by atoms with Gasteiger partial charge in [-0.25, -0.2) is 4.98 Å². The molecule has 2 aromatic heterocycles. The molecule has 1 aliphatic heterocycles. The molecule has 0 aliphatic carbocycles. The number of H-pyrrole nitrogens is 1. The van der Waals surface area contributed by atoms with E-state index in [4.69, 9.17) is 4.74 Å². The molecule has 0 bridgehead atoms. The number of fused-ring (bicyclic) bond motifs is 1. The fourth-order valence-corrected chi connectivity index (χ4v) is 4.98. The highest BCUT2D eigenvalue weighted by Gasteiger charge is 2.22. The number of benzene rings is 2. The number of rotatable bonds is 6. The van der Waals surface area contributed by atoms with Crippen LogP contribution in [-0.4, -0.2) is 60.0 Å². The number of hydrogen-bond donors (Lipinski definition) is 2. The molecule has 0 unspecified atom stereocenters. The maximum Gasteiger partial charge on any atom is 0.247 e. The Morgan fingerprint density at radius 2 is 1.79 bits per heavy atom. The van der Waals surface area contributed by atoms with Crippen molar-refractivity contribution in [1.82, 2.24) is 14.9 Å². The van der Waals surface area contributed by atoms with E-state index in [0.717, 1.165) is 76.5 Å². The van der Waals surface area contributed by atoms with Gasteiger partial charge in [-0.05, 0) is 54.0 Å². The van der Waals surface area contributed by atoms with Crippen LogP contribution in [0.1, 0.15) is 15.3 Å². The Hall–Kier alpha value is -4.59. The molecule has 2 amide bonds. The van der Waals surface area contributed by atoms with Crippen LogP contribution in [0.2, 0.25) is 0 Å². The van der Waals surface area contributed by atoms with E-state index in [-0.39, 0.29) is 14.7 Å². The maximum absolute atomic E-state index is 12.1. The molecule has 38 heavy (non-hydrogen) atoms. The minimum atomic E-state index is -0.261. The van der Waals surface area contributed by atoms with Gasteiger partial charge in [0.15, 0.2) is 0 Å². The van der Waals surface area contributed by atoms with Crippen molar-refractivity contribution in [2.24, 2.45) is 0 Å². The van der Waals surface area contributed by atoms with Crippen LogP contribution in [0.5, 0.6) is 5.75 Å². The third-order valence-electron chi connectivity index (χ3n) is 7.09. The summed E-state index contributed by atoms with van der Waals surface area (Å²) in [6, 6.07) is 16.3. The molecule has 4 aromatic rings. The zero-order valence-electron chi connectivity index (χ0n) is 21.9. The first kappa shape index (κ1) is 25.1. The molecule has 0 saturated carbocycles. The number of aromatic nitrogens is 2. The topological polar surface area (TPSA) is 90.6 Å². The third-order valence-corrected chi connectivity index (χ3v) is 7.09. The van der Waals surface area contributed by atoms with Gasteiger partial charge in [-0.3, -0.25) is 9.59 Å². The van der Waals surface area contributed by atoms with Gasteiger partial charge in [-0.15, -0.1) is 0 Å². The number of nitrogens with zero attached hydrogens (tertiary/aromatic N) is 3. The number of carbonyl (C=O) groups is 2. The van der Waals surface area contributed by atoms with Crippen LogP contribution in [0.3, 0.4) is 0 Å². The van der Waals surface area contributed by atoms with Gasteiger partial charge >= 0.3 is 0 Å². The maximum atomic E-state index is 12.1. The van der Waals surface area contributed by atoms with Crippen LogP contribution in [0, 0.1) is 6.92 Å². The van der Waals surface area contributed by atoms with Crippen molar-refractivity contribution < 1.29 is 17.2 Å². The lowest BCUT2D eigenvalue weighted by Gasteiger charge is -2.35. The SMILES string of the molecule is C=CC(=O)Nc1cc(-c2c(-c3ccc(N4CCN(C(C)=O)CC4)cc3)[nH]c3nccc(OC)c23)ccc1C.[HH].[HH]. The number of pyridine rings is 1. The molecule has 1 fully saturated rings. The van der Waals surface area contributed by atoms with Crippen LogP contribution in [0.25, 0.3) is 33.4 Å². The number of piperazine rings is 1. The summed E-state index contributed by atoms with van der Waals surface area (Å²) in [4.78, 5) is 36.0. The number of aryl methyl sites for hydroxylation is 1. The second kappa shape index (κ2) is 10.4. The van der Waals surface area contributed by atoms with Crippen molar-refractivity contribution in [2.75, 3.05) is 43.5 Å². The highest BCUT2D eigenvalue weighted by Crippen LogP contribution is 2.43. The Bertz CT molecular complexity index is 1530. The quantitative estimate of drug-likeness (QED) is 0.332. The lowest BCUT2D eigenvalue weighted by molar-refractivity contribution is -0.129. The molecule has 3 heterocycles. The van der Waals surface area contributed by atoms with Gasteiger partial charge in [0, 0.05) is 59.1 Å².